The zero-order valence-electron chi connectivity index (χ0n) is 17.2. The van der Waals surface area contributed by atoms with E-state index in [0.29, 0.717) is 29.0 Å². The smallest absolute Gasteiger partial charge is 0.261 e. The molecular formula is C21H24N4O4S. The van der Waals surface area contributed by atoms with Crippen molar-refractivity contribution in [3.05, 3.63) is 60.4 Å². The zero-order chi connectivity index (χ0) is 21.7. The Kier molecular flexibility index (Phi) is 6.41. The van der Waals surface area contributed by atoms with E-state index in [2.05, 4.69) is 20.0 Å². The maximum Gasteiger partial charge on any atom is 0.261 e. The first-order valence-electron chi connectivity index (χ1n) is 9.31. The Morgan fingerprint density at radius 3 is 2.17 bits per heavy atom. The second-order valence-electron chi connectivity index (χ2n) is 6.79. The van der Waals surface area contributed by atoms with Crippen molar-refractivity contribution in [2.45, 2.75) is 31.8 Å². The van der Waals surface area contributed by atoms with Crippen molar-refractivity contribution in [3.63, 3.8) is 0 Å². The summed E-state index contributed by atoms with van der Waals surface area (Å²) >= 11 is 0. The van der Waals surface area contributed by atoms with Crippen molar-refractivity contribution in [1.29, 1.82) is 0 Å². The Morgan fingerprint density at radius 2 is 1.57 bits per heavy atom. The molecule has 0 spiro atoms. The van der Waals surface area contributed by atoms with Crippen molar-refractivity contribution in [2.24, 2.45) is 0 Å². The summed E-state index contributed by atoms with van der Waals surface area (Å²) in [4.78, 5) is 8.75. The molecule has 0 aliphatic heterocycles. The fourth-order valence-corrected chi connectivity index (χ4v) is 3.70. The average Bonchev–Trinajstić information content (AvgIpc) is 2.68. The van der Waals surface area contributed by atoms with E-state index in [4.69, 9.17) is 9.47 Å². The number of methoxy groups -OCH3 is 1. The van der Waals surface area contributed by atoms with E-state index < -0.39 is 10.0 Å². The highest BCUT2D eigenvalue weighted by molar-refractivity contribution is 7.92. The van der Waals surface area contributed by atoms with Crippen LogP contribution in [-0.4, -0.2) is 31.6 Å². The molecule has 1 heterocycles. The van der Waals surface area contributed by atoms with Crippen LogP contribution < -0.4 is 19.5 Å². The molecule has 0 radical (unpaired) electrons. The van der Waals surface area contributed by atoms with Crippen LogP contribution in [0.1, 0.15) is 19.7 Å². The van der Waals surface area contributed by atoms with E-state index in [0.717, 1.165) is 5.69 Å². The highest BCUT2D eigenvalue weighted by Gasteiger charge is 2.14. The lowest BCUT2D eigenvalue weighted by Gasteiger charge is -2.12. The molecule has 0 amide bonds. The topological polar surface area (TPSA) is 102 Å². The zero-order valence-corrected chi connectivity index (χ0v) is 18.0. The number of aryl methyl sites for hydroxylation is 1. The van der Waals surface area contributed by atoms with E-state index in [-0.39, 0.29) is 11.0 Å². The summed E-state index contributed by atoms with van der Waals surface area (Å²) in [6.45, 7) is 5.64. The normalized spacial score (nSPS) is 11.2. The van der Waals surface area contributed by atoms with Crippen LogP contribution in [-0.2, 0) is 10.0 Å². The quantitative estimate of drug-likeness (QED) is 0.556. The molecule has 0 aliphatic carbocycles. The number of nitrogens with zero attached hydrogens (tertiary/aromatic N) is 2. The van der Waals surface area contributed by atoms with Crippen molar-refractivity contribution < 1.29 is 17.9 Å². The van der Waals surface area contributed by atoms with Gasteiger partial charge in [-0.25, -0.2) is 13.4 Å². The molecule has 0 aliphatic rings. The van der Waals surface area contributed by atoms with E-state index in [1.807, 2.05) is 13.8 Å². The molecule has 0 atom stereocenters. The Labute approximate surface area is 176 Å². The minimum absolute atomic E-state index is 0.00478. The summed E-state index contributed by atoms with van der Waals surface area (Å²) in [5.41, 5.74) is 1.19. The summed E-state index contributed by atoms with van der Waals surface area (Å²) in [6, 6.07) is 14.7. The minimum atomic E-state index is -3.70. The number of hydrogen-bond acceptors (Lipinski definition) is 7. The fraction of sp³-hybridized carbons (Fsp3) is 0.238. The third kappa shape index (κ3) is 5.60. The van der Waals surface area contributed by atoms with Gasteiger partial charge in [-0.15, -0.1) is 0 Å². The second-order valence-corrected chi connectivity index (χ2v) is 8.47. The van der Waals surface area contributed by atoms with Gasteiger partial charge >= 0.3 is 0 Å². The molecule has 3 rings (SSSR count). The number of nitrogens with one attached hydrogen (secondary N) is 2. The van der Waals surface area contributed by atoms with E-state index in [1.54, 1.807) is 49.4 Å². The molecule has 0 saturated heterocycles. The van der Waals surface area contributed by atoms with Crippen molar-refractivity contribution in [2.75, 3.05) is 17.1 Å². The molecule has 9 heteroatoms. The van der Waals surface area contributed by atoms with Gasteiger partial charge in [0, 0.05) is 17.4 Å². The molecule has 0 fully saturated rings. The second kappa shape index (κ2) is 9.00. The molecule has 1 aromatic heterocycles. The highest BCUT2D eigenvalue weighted by atomic mass is 32.2. The van der Waals surface area contributed by atoms with Gasteiger partial charge < -0.3 is 14.8 Å². The number of rotatable bonds is 8. The Balaban J connectivity index is 1.71. The SMILES string of the molecule is COc1ccc(S(=O)(=O)Nc2ccc(Nc3cc(OC(C)C)nc(C)n3)cc2)cc1. The van der Waals surface area contributed by atoms with Crippen molar-refractivity contribution in [1.82, 2.24) is 9.97 Å². The molecule has 0 bridgehead atoms. The number of benzene rings is 2. The standard InChI is InChI=1S/C21H24N4O4S/c1-14(2)29-21-13-20(22-15(3)23-21)24-16-5-7-17(8-6-16)25-30(26,27)19-11-9-18(28-4)10-12-19/h5-14,25H,1-4H3,(H,22,23,24). The van der Waals surface area contributed by atoms with Gasteiger partial charge in [-0.2, -0.15) is 4.98 Å². The Hall–Kier alpha value is -3.33. The van der Waals surface area contributed by atoms with Gasteiger partial charge in [-0.05, 0) is 69.3 Å². The fourth-order valence-electron chi connectivity index (χ4n) is 2.64. The number of hydrogen-bond donors (Lipinski definition) is 2. The van der Waals surface area contributed by atoms with Crippen LogP contribution >= 0.6 is 0 Å². The van der Waals surface area contributed by atoms with Gasteiger partial charge in [0.05, 0.1) is 18.1 Å². The predicted octanol–water partition coefficient (Wildman–Crippen LogP) is 4.13. The number of sulfonamides is 1. The predicted molar refractivity (Wildman–Crippen MR) is 116 cm³/mol. The summed E-state index contributed by atoms with van der Waals surface area (Å²) in [5, 5.41) is 3.17. The maximum absolute atomic E-state index is 12.5. The Morgan fingerprint density at radius 1 is 0.933 bits per heavy atom. The summed E-state index contributed by atoms with van der Waals surface area (Å²) in [7, 11) is -2.17. The monoisotopic (exact) mass is 428 g/mol. The average molecular weight is 429 g/mol. The molecule has 0 saturated carbocycles. The van der Waals surface area contributed by atoms with Crippen LogP contribution in [0.15, 0.2) is 59.5 Å². The van der Waals surface area contributed by atoms with Gasteiger partial charge in [0.25, 0.3) is 10.0 Å². The van der Waals surface area contributed by atoms with E-state index >= 15 is 0 Å². The summed E-state index contributed by atoms with van der Waals surface area (Å²) in [5.74, 6) is 2.25. The molecule has 2 N–H and O–H groups in total. The molecule has 30 heavy (non-hydrogen) atoms. The first kappa shape index (κ1) is 21.4. The highest BCUT2D eigenvalue weighted by Crippen LogP contribution is 2.23. The third-order valence-electron chi connectivity index (χ3n) is 3.95. The lowest BCUT2D eigenvalue weighted by Crippen LogP contribution is -2.12. The van der Waals surface area contributed by atoms with Crippen molar-refractivity contribution >= 4 is 27.2 Å². The summed E-state index contributed by atoms with van der Waals surface area (Å²) < 4.78 is 38.3. The van der Waals surface area contributed by atoms with Crippen LogP contribution in [0.2, 0.25) is 0 Å². The molecule has 2 aromatic carbocycles. The van der Waals surface area contributed by atoms with Gasteiger partial charge in [0.2, 0.25) is 5.88 Å². The molecule has 158 valence electrons. The summed E-state index contributed by atoms with van der Waals surface area (Å²) in [6.07, 6.45) is 0.00478. The van der Waals surface area contributed by atoms with Crippen LogP contribution in [0.5, 0.6) is 11.6 Å². The lowest BCUT2D eigenvalue weighted by molar-refractivity contribution is 0.232. The Bertz CT molecular complexity index is 1100. The van der Waals surface area contributed by atoms with Crippen LogP contribution in [0.25, 0.3) is 0 Å². The van der Waals surface area contributed by atoms with Gasteiger partial charge in [-0.3, -0.25) is 4.72 Å². The van der Waals surface area contributed by atoms with Crippen LogP contribution in [0, 0.1) is 6.92 Å². The molecule has 8 nitrogen and oxygen atoms in total. The van der Waals surface area contributed by atoms with E-state index in [1.165, 1.54) is 19.2 Å². The lowest BCUT2D eigenvalue weighted by atomic mass is 10.3. The number of anilines is 3. The number of ether oxygens (including phenoxy) is 2. The number of aromatic nitrogens is 2. The van der Waals surface area contributed by atoms with E-state index in [9.17, 15) is 8.42 Å². The first-order chi connectivity index (χ1) is 14.2. The van der Waals surface area contributed by atoms with Crippen LogP contribution in [0.4, 0.5) is 17.2 Å². The minimum Gasteiger partial charge on any atom is -0.497 e. The maximum atomic E-state index is 12.5. The molecular weight excluding hydrogens is 404 g/mol. The third-order valence-corrected chi connectivity index (χ3v) is 5.35. The molecule has 3 aromatic rings. The largest absolute Gasteiger partial charge is 0.497 e. The van der Waals surface area contributed by atoms with Crippen LogP contribution in [0.3, 0.4) is 0 Å². The van der Waals surface area contributed by atoms with Gasteiger partial charge in [-0.1, -0.05) is 0 Å². The molecule has 0 unspecified atom stereocenters. The first-order valence-corrected chi connectivity index (χ1v) is 10.8. The van der Waals surface area contributed by atoms with Gasteiger partial charge in [0.1, 0.15) is 17.4 Å². The van der Waals surface area contributed by atoms with Gasteiger partial charge in [0.15, 0.2) is 0 Å². The van der Waals surface area contributed by atoms with Crippen molar-refractivity contribution in [3.8, 4) is 11.6 Å².